The Balaban J connectivity index is 3.20. The summed E-state index contributed by atoms with van der Waals surface area (Å²) >= 11 is 0. The SMILES string of the molecule is Cc1ccnc(C(=O)N(C(C)(C)C)C(C)(C)C)c1. The first-order valence-electron chi connectivity index (χ1n) is 6.31. The van der Waals surface area contributed by atoms with Crippen molar-refractivity contribution < 1.29 is 4.79 Å². The third-order valence-electron chi connectivity index (χ3n) is 2.68. The van der Waals surface area contributed by atoms with Crippen LogP contribution in [0.5, 0.6) is 0 Å². The smallest absolute Gasteiger partial charge is 0.273 e. The number of carbonyl (C=O) groups is 1. The van der Waals surface area contributed by atoms with E-state index in [0.29, 0.717) is 5.69 Å². The highest BCUT2D eigenvalue weighted by Gasteiger charge is 2.36. The minimum atomic E-state index is -0.235. The van der Waals surface area contributed by atoms with Crippen molar-refractivity contribution in [1.82, 2.24) is 9.88 Å². The van der Waals surface area contributed by atoms with Crippen LogP contribution >= 0.6 is 0 Å². The van der Waals surface area contributed by atoms with Gasteiger partial charge in [0.25, 0.3) is 5.91 Å². The molecule has 1 heterocycles. The first-order chi connectivity index (χ1) is 8.03. The molecule has 0 spiro atoms. The van der Waals surface area contributed by atoms with Crippen molar-refractivity contribution >= 4 is 5.91 Å². The van der Waals surface area contributed by atoms with Crippen LogP contribution in [0.2, 0.25) is 0 Å². The molecule has 0 atom stereocenters. The molecule has 1 rings (SSSR count). The second-order valence-corrected chi connectivity index (χ2v) is 6.70. The van der Waals surface area contributed by atoms with E-state index in [0.717, 1.165) is 5.56 Å². The lowest BCUT2D eigenvalue weighted by Gasteiger charge is -2.45. The minimum Gasteiger partial charge on any atom is -0.328 e. The molecule has 0 aromatic carbocycles. The van der Waals surface area contributed by atoms with Crippen LogP contribution in [0.15, 0.2) is 18.3 Å². The number of carbonyl (C=O) groups excluding carboxylic acids is 1. The van der Waals surface area contributed by atoms with E-state index in [9.17, 15) is 4.79 Å². The van der Waals surface area contributed by atoms with Crippen LogP contribution in [0.1, 0.15) is 57.6 Å². The molecule has 0 aliphatic carbocycles. The Hall–Kier alpha value is -1.38. The van der Waals surface area contributed by atoms with Crippen molar-refractivity contribution in [1.29, 1.82) is 0 Å². The van der Waals surface area contributed by atoms with Crippen LogP contribution in [0, 0.1) is 6.92 Å². The Kier molecular flexibility index (Phi) is 3.84. The van der Waals surface area contributed by atoms with Gasteiger partial charge >= 0.3 is 0 Å². The number of rotatable bonds is 1. The summed E-state index contributed by atoms with van der Waals surface area (Å²) in [5, 5.41) is 0. The average Bonchev–Trinajstić information content (AvgIpc) is 2.12. The lowest BCUT2D eigenvalue weighted by Crippen LogP contribution is -2.55. The Morgan fingerprint density at radius 3 is 2.00 bits per heavy atom. The van der Waals surface area contributed by atoms with Crippen LogP contribution < -0.4 is 0 Å². The molecule has 0 aliphatic rings. The Morgan fingerprint density at radius 2 is 1.61 bits per heavy atom. The fraction of sp³-hybridized carbons (Fsp3) is 0.600. The van der Waals surface area contributed by atoms with Crippen LogP contribution in [-0.2, 0) is 0 Å². The van der Waals surface area contributed by atoms with Gasteiger partial charge in [-0.05, 0) is 66.2 Å². The number of pyridine rings is 1. The first-order valence-corrected chi connectivity index (χ1v) is 6.31. The van der Waals surface area contributed by atoms with Gasteiger partial charge in [-0.25, -0.2) is 0 Å². The molecule has 18 heavy (non-hydrogen) atoms. The quantitative estimate of drug-likeness (QED) is 0.763. The summed E-state index contributed by atoms with van der Waals surface area (Å²) in [6.07, 6.45) is 1.69. The lowest BCUT2D eigenvalue weighted by molar-refractivity contribution is 0.0265. The van der Waals surface area contributed by atoms with E-state index in [2.05, 4.69) is 4.98 Å². The van der Waals surface area contributed by atoms with Gasteiger partial charge < -0.3 is 4.90 Å². The maximum Gasteiger partial charge on any atom is 0.273 e. The normalized spacial score (nSPS) is 12.4. The fourth-order valence-electron chi connectivity index (χ4n) is 2.38. The summed E-state index contributed by atoms with van der Waals surface area (Å²) in [4.78, 5) is 18.7. The van der Waals surface area contributed by atoms with E-state index in [1.165, 1.54) is 0 Å². The van der Waals surface area contributed by atoms with E-state index in [1.54, 1.807) is 6.20 Å². The predicted molar refractivity (Wildman–Crippen MR) is 74.6 cm³/mol. The van der Waals surface area contributed by atoms with E-state index in [4.69, 9.17) is 0 Å². The highest BCUT2D eigenvalue weighted by atomic mass is 16.2. The Morgan fingerprint density at radius 1 is 1.11 bits per heavy atom. The van der Waals surface area contributed by atoms with E-state index < -0.39 is 0 Å². The molecule has 0 radical (unpaired) electrons. The molecule has 0 N–H and O–H groups in total. The number of nitrogens with zero attached hydrogens (tertiary/aromatic N) is 2. The van der Waals surface area contributed by atoms with Crippen molar-refractivity contribution in [3.05, 3.63) is 29.6 Å². The molecular weight excluding hydrogens is 224 g/mol. The highest BCUT2D eigenvalue weighted by molar-refractivity contribution is 5.93. The van der Waals surface area contributed by atoms with Crippen LogP contribution in [0.3, 0.4) is 0 Å². The van der Waals surface area contributed by atoms with Crippen molar-refractivity contribution in [2.24, 2.45) is 0 Å². The fourth-order valence-corrected chi connectivity index (χ4v) is 2.38. The molecule has 3 heteroatoms. The number of aromatic nitrogens is 1. The predicted octanol–water partition coefficient (Wildman–Crippen LogP) is 3.43. The summed E-state index contributed by atoms with van der Waals surface area (Å²) in [6, 6.07) is 3.74. The van der Waals surface area contributed by atoms with E-state index in [-0.39, 0.29) is 17.0 Å². The van der Waals surface area contributed by atoms with Gasteiger partial charge in [-0.1, -0.05) is 0 Å². The molecule has 0 saturated heterocycles. The number of hydrogen-bond acceptors (Lipinski definition) is 2. The zero-order chi connectivity index (χ0) is 14.1. The van der Waals surface area contributed by atoms with Gasteiger partial charge in [0.15, 0.2) is 0 Å². The molecule has 1 aromatic rings. The van der Waals surface area contributed by atoms with Crippen LogP contribution in [0.4, 0.5) is 0 Å². The molecule has 0 aliphatic heterocycles. The molecule has 1 amide bonds. The first kappa shape index (κ1) is 14.7. The number of aryl methyl sites for hydroxylation is 1. The molecular formula is C15H24N2O. The molecule has 0 fully saturated rings. The molecule has 0 unspecified atom stereocenters. The monoisotopic (exact) mass is 248 g/mol. The average molecular weight is 248 g/mol. The van der Waals surface area contributed by atoms with Gasteiger partial charge in [-0.2, -0.15) is 0 Å². The number of hydrogen-bond donors (Lipinski definition) is 0. The minimum absolute atomic E-state index is 0.0151. The van der Waals surface area contributed by atoms with Gasteiger partial charge in [0, 0.05) is 17.3 Å². The van der Waals surface area contributed by atoms with Crippen LogP contribution in [-0.4, -0.2) is 26.9 Å². The third kappa shape index (κ3) is 3.31. The van der Waals surface area contributed by atoms with Gasteiger partial charge in [0.05, 0.1) is 0 Å². The second-order valence-electron chi connectivity index (χ2n) is 6.70. The molecule has 0 saturated carbocycles. The van der Waals surface area contributed by atoms with Gasteiger partial charge in [0.2, 0.25) is 0 Å². The van der Waals surface area contributed by atoms with Crippen molar-refractivity contribution in [3.8, 4) is 0 Å². The van der Waals surface area contributed by atoms with Gasteiger partial charge in [0.1, 0.15) is 5.69 Å². The van der Waals surface area contributed by atoms with Gasteiger partial charge in [-0.15, -0.1) is 0 Å². The molecule has 3 nitrogen and oxygen atoms in total. The standard InChI is InChI=1S/C15H24N2O/c1-11-8-9-16-12(10-11)13(18)17(14(2,3)4)15(5,6)7/h8-10H,1-7H3. The Labute approximate surface area is 110 Å². The van der Waals surface area contributed by atoms with E-state index >= 15 is 0 Å². The molecule has 0 bridgehead atoms. The van der Waals surface area contributed by atoms with Crippen molar-refractivity contribution in [2.45, 2.75) is 59.5 Å². The zero-order valence-electron chi connectivity index (χ0n) is 12.5. The Bertz CT molecular complexity index is 425. The maximum absolute atomic E-state index is 12.7. The summed E-state index contributed by atoms with van der Waals surface area (Å²) < 4.78 is 0. The maximum atomic E-state index is 12.7. The summed E-state index contributed by atoms with van der Waals surface area (Å²) in [5.41, 5.74) is 1.09. The highest BCUT2D eigenvalue weighted by Crippen LogP contribution is 2.26. The molecule has 1 aromatic heterocycles. The van der Waals surface area contributed by atoms with Crippen LogP contribution in [0.25, 0.3) is 0 Å². The topological polar surface area (TPSA) is 33.2 Å². The van der Waals surface area contributed by atoms with Crippen molar-refractivity contribution in [2.75, 3.05) is 0 Å². The largest absolute Gasteiger partial charge is 0.328 e. The van der Waals surface area contributed by atoms with Crippen molar-refractivity contribution in [3.63, 3.8) is 0 Å². The lowest BCUT2D eigenvalue weighted by atomic mass is 9.95. The van der Waals surface area contributed by atoms with E-state index in [1.807, 2.05) is 65.5 Å². The third-order valence-corrected chi connectivity index (χ3v) is 2.68. The van der Waals surface area contributed by atoms with Gasteiger partial charge in [-0.3, -0.25) is 9.78 Å². The number of amides is 1. The zero-order valence-corrected chi connectivity index (χ0v) is 12.5. The summed E-state index contributed by atoms with van der Waals surface area (Å²) in [7, 11) is 0. The summed E-state index contributed by atoms with van der Waals surface area (Å²) in [5.74, 6) is -0.0151. The molecule has 100 valence electrons. The summed E-state index contributed by atoms with van der Waals surface area (Å²) in [6.45, 7) is 14.3. The second kappa shape index (κ2) is 4.71.